The molecule has 1 saturated heterocycles. The summed E-state index contributed by atoms with van der Waals surface area (Å²) in [6.45, 7) is 5.91. The molecule has 0 bridgehead atoms. The van der Waals surface area contributed by atoms with Crippen molar-refractivity contribution in [3.63, 3.8) is 0 Å². The zero-order chi connectivity index (χ0) is 18.0. The normalized spacial score (nSPS) is 21.4. The predicted molar refractivity (Wildman–Crippen MR) is 94.6 cm³/mol. The molecule has 1 heterocycles. The van der Waals surface area contributed by atoms with E-state index in [1.807, 2.05) is 13.8 Å². The van der Waals surface area contributed by atoms with Crippen molar-refractivity contribution in [2.75, 3.05) is 12.3 Å². The molecule has 1 aliphatic heterocycles. The Kier molecular flexibility index (Phi) is 5.95. The monoisotopic (exact) mass is 372 g/mol. The molecule has 1 atom stereocenters. The second kappa shape index (κ2) is 7.43. The lowest BCUT2D eigenvalue weighted by molar-refractivity contribution is -0.134. The van der Waals surface area contributed by atoms with Gasteiger partial charge in [0, 0.05) is 17.0 Å². The largest absolute Gasteiger partial charge is 0.289 e. The van der Waals surface area contributed by atoms with Gasteiger partial charge in [-0.05, 0) is 38.0 Å². The molecule has 0 unspecified atom stereocenters. The van der Waals surface area contributed by atoms with Gasteiger partial charge in [0.1, 0.15) is 6.04 Å². The molecule has 0 aliphatic carbocycles. The number of aryl methyl sites for hydroxylation is 1. The van der Waals surface area contributed by atoms with Crippen LogP contribution in [0, 0.1) is 0 Å². The lowest BCUT2D eigenvalue weighted by Gasteiger charge is -2.43. The van der Waals surface area contributed by atoms with E-state index in [4.69, 9.17) is 5.21 Å². The smallest absolute Gasteiger partial charge is 0.263 e. The van der Waals surface area contributed by atoms with E-state index < -0.39 is 26.7 Å². The van der Waals surface area contributed by atoms with Crippen molar-refractivity contribution in [2.24, 2.45) is 0 Å². The van der Waals surface area contributed by atoms with Gasteiger partial charge in [0.05, 0.1) is 4.90 Å². The van der Waals surface area contributed by atoms with Crippen molar-refractivity contribution < 1.29 is 18.4 Å². The van der Waals surface area contributed by atoms with E-state index in [9.17, 15) is 13.2 Å². The number of nitrogens with zero attached hydrogens (tertiary/aromatic N) is 1. The highest BCUT2D eigenvalue weighted by Crippen LogP contribution is 2.38. The van der Waals surface area contributed by atoms with Crippen molar-refractivity contribution in [2.45, 2.75) is 49.3 Å². The Morgan fingerprint density at radius 1 is 1.38 bits per heavy atom. The first-order valence-corrected chi connectivity index (χ1v) is 10.4. The topological polar surface area (TPSA) is 86.7 Å². The number of benzene rings is 1. The zero-order valence-corrected chi connectivity index (χ0v) is 15.8. The summed E-state index contributed by atoms with van der Waals surface area (Å²) in [7, 11) is -3.82. The van der Waals surface area contributed by atoms with Crippen LogP contribution in [0.1, 0.15) is 32.8 Å². The van der Waals surface area contributed by atoms with Crippen molar-refractivity contribution >= 4 is 27.7 Å². The minimum Gasteiger partial charge on any atom is -0.289 e. The summed E-state index contributed by atoms with van der Waals surface area (Å²) in [6, 6.07) is 5.82. The minimum atomic E-state index is -3.82. The highest BCUT2D eigenvalue weighted by atomic mass is 32.2. The summed E-state index contributed by atoms with van der Waals surface area (Å²) in [4.78, 5) is 12.3. The third-order valence-electron chi connectivity index (χ3n) is 4.16. The summed E-state index contributed by atoms with van der Waals surface area (Å²) in [5.41, 5.74) is 2.69. The molecule has 0 radical (unpaired) electrons. The van der Waals surface area contributed by atoms with Crippen LogP contribution in [0.3, 0.4) is 0 Å². The van der Waals surface area contributed by atoms with Crippen LogP contribution in [0.5, 0.6) is 0 Å². The van der Waals surface area contributed by atoms with E-state index in [-0.39, 0.29) is 11.4 Å². The maximum Gasteiger partial charge on any atom is 0.263 e. The molecule has 2 rings (SSSR count). The molecule has 1 fully saturated rings. The summed E-state index contributed by atoms with van der Waals surface area (Å²) in [5, 5.41) is 9.04. The fourth-order valence-corrected chi connectivity index (χ4v) is 6.08. The van der Waals surface area contributed by atoms with E-state index in [0.29, 0.717) is 5.75 Å². The number of rotatable bonds is 5. The first-order valence-electron chi connectivity index (χ1n) is 7.92. The predicted octanol–water partition coefficient (Wildman–Crippen LogP) is 2.03. The number of sulfonamides is 1. The van der Waals surface area contributed by atoms with Gasteiger partial charge in [0.25, 0.3) is 5.91 Å². The van der Waals surface area contributed by atoms with Gasteiger partial charge in [0.15, 0.2) is 0 Å². The van der Waals surface area contributed by atoms with Crippen LogP contribution in [0.15, 0.2) is 29.2 Å². The summed E-state index contributed by atoms with van der Waals surface area (Å²) in [6.07, 6.45) is 1.88. The average Bonchev–Trinajstić information content (AvgIpc) is 2.54. The molecule has 134 valence electrons. The number of nitrogens with one attached hydrogen (secondary N) is 1. The number of hydrogen-bond donors (Lipinski definition) is 2. The van der Waals surface area contributed by atoms with Crippen molar-refractivity contribution in [3.05, 3.63) is 29.8 Å². The molecule has 2 N–H and O–H groups in total. The van der Waals surface area contributed by atoms with Crippen molar-refractivity contribution in [1.29, 1.82) is 0 Å². The molecule has 8 heteroatoms. The standard InChI is InChI=1S/C16H24N2O4S2/c1-4-5-12-6-8-13(9-7-12)24(21,22)18-10-11-23-16(2,3)14(18)15(19)17-20/h6-9,14,20H,4-5,10-11H2,1-3H3,(H,17,19)/t14-/m0/s1. The summed E-state index contributed by atoms with van der Waals surface area (Å²) >= 11 is 1.52. The van der Waals surface area contributed by atoms with Gasteiger partial charge in [-0.3, -0.25) is 10.0 Å². The molecule has 1 amide bonds. The molecule has 0 spiro atoms. The van der Waals surface area contributed by atoms with Gasteiger partial charge < -0.3 is 0 Å². The molecular formula is C16H24N2O4S2. The number of hydroxylamine groups is 1. The average molecular weight is 373 g/mol. The van der Waals surface area contributed by atoms with E-state index in [1.165, 1.54) is 16.1 Å². The number of thioether (sulfide) groups is 1. The zero-order valence-electron chi connectivity index (χ0n) is 14.2. The minimum absolute atomic E-state index is 0.167. The highest BCUT2D eigenvalue weighted by molar-refractivity contribution is 8.00. The fourth-order valence-electron chi connectivity index (χ4n) is 2.97. The SMILES string of the molecule is CCCc1ccc(S(=O)(=O)N2CCSC(C)(C)[C@@H]2C(=O)NO)cc1. The van der Waals surface area contributed by atoms with Gasteiger partial charge in [-0.1, -0.05) is 25.5 Å². The second-order valence-corrected chi connectivity index (χ2v) is 9.98. The highest BCUT2D eigenvalue weighted by Gasteiger charge is 2.48. The number of amides is 1. The van der Waals surface area contributed by atoms with Gasteiger partial charge in [0.2, 0.25) is 10.0 Å². The number of hydrogen-bond acceptors (Lipinski definition) is 5. The Labute approximate surface area is 147 Å². The number of carbonyl (C=O) groups excluding carboxylic acids is 1. The fraction of sp³-hybridized carbons (Fsp3) is 0.562. The molecule has 24 heavy (non-hydrogen) atoms. The lowest BCUT2D eigenvalue weighted by Crippen LogP contribution is -2.61. The Morgan fingerprint density at radius 3 is 2.54 bits per heavy atom. The van der Waals surface area contributed by atoms with Crippen LogP contribution in [-0.2, 0) is 21.2 Å². The van der Waals surface area contributed by atoms with E-state index in [2.05, 4.69) is 6.92 Å². The van der Waals surface area contributed by atoms with Crippen LogP contribution >= 0.6 is 11.8 Å². The molecular weight excluding hydrogens is 348 g/mol. The maximum absolute atomic E-state index is 13.0. The first-order chi connectivity index (χ1) is 11.2. The second-order valence-electron chi connectivity index (χ2n) is 6.34. The third-order valence-corrected chi connectivity index (χ3v) is 7.39. The van der Waals surface area contributed by atoms with Gasteiger partial charge in [-0.25, -0.2) is 13.9 Å². The molecule has 6 nitrogen and oxygen atoms in total. The van der Waals surface area contributed by atoms with Crippen LogP contribution in [0.4, 0.5) is 0 Å². The van der Waals surface area contributed by atoms with Crippen LogP contribution in [-0.4, -0.2) is 46.9 Å². The van der Waals surface area contributed by atoms with Gasteiger partial charge in [-0.2, -0.15) is 16.1 Å². The molecule has 0 saturated carbocycles. The Bertz CT molecular complexity index is 687. The summed E-state index contributed by atoms with van der Waals surface area (Å²) in [5.74, 6) is -0.117. The Morgan fingerprint density at radius 2 is 2.00 bits per heavy atom. The summed E-state index contributed by atoms with van der Waals surface area (Å²) < 4.78 is 26.6. The van der Waals surface area contributed by atoms with Crippen molar-refractivity contribution in [1.82, 2.24) is 9.79 Å². The van der Waals surface area contributed by atoms with E-state index in [0.717, 1.165) is 18.4 Å². The van der Waals surface area contributed by atoms with Crippen LogP contribution in [0.2, 0.25) is 0 Å². The molecule has 1 aromatic carbocycles. The Balaban J connectivity index is 2.39. The molecule has 1 aromatic rings. The molecule has 0 aromatic heterocycles. The third kappa shape index (κ3) is 3.77. The Hall–Kier alpha value is -1.09. The number of carbonyl (C=O) groups is 1. The quantitative estimate of drug-likeness (QED) is 0.610. The van der Waals surface area contributed by atoms with E-state index in [1.54, 1.807) is 29.7 Å². The van der Waals surface area contributed by atoms with Gasteiger partial charge in [-0.15, -0.1) is 0 Å². The maximum atomic E-state index is 13.0. The molecule has 1 aliphatic rings. The van der Waals surface area contributed by atoms with Crippen molar-refractivity contribution in [3.8, 4) is 0 Å². The lowest BCUT2D eigenvalue weighted by atomic mass is 10.0. The van der Waals surface area contributed by atoms with Gasteiger partial charge >= 0.3 is 0 Å². The first kappa shape index (κ1) is 19.2. The van der Waals surface area contributed by atoms with Crippen LogP contribution in [0.25, 0.3) is 0 Å². The van der Waals surface area contributed by atoms with Crippen LogP contribution < -0.4 is 5.48 Å². The van der Waals surface area contributed by atoms with E-state index >= 15 is 0 Å².